The molecule has 0 aliphatic heterocycles. The van der Waals surface area contributed by atoms with Gasteiger partial charge in [0, 0.05) is 19.7 Å². The standard InChI is InChI=1S/C20H27N3O5S/c1-12-7-16(26-5)17(27-6)9-15(12)10-23(4)19(24)11-29-14(3)20(25)21-18-8-13(2)28-22-18/h7-9,14H,10-11H2,1-6H3,(H,21,22,25)/t14-/m1/s1. The second-order valence-electron chi connectivity index (χ2n) is 6.65. The second-order valence-corrected chi connectivity index (χ2v) is 7.98. The maximum Gasteiger partial charge on any atom is 0.238 e. The third-order valence-electron chi connectivity index (χ3n) is 4.38. The van der Waals surface area contributed by atoms with E-state index in [0.29, 0.717) is 29.6 Å². The first-order valence-corrected chi connectivity index (χ1v) is 10.1. The Labute approximate surface area is 174 Å². The van der Waals surface area contributed by atoms with Gasteiger partial charge >= 0.3 is 0 Å². The molecule has 2 amide bonds. The summed E-state index contributed by atoms with van der Waals surface area (Å²) in [6, 6.07) is 5.40. The number of hydrogen-bond donors (Lipinski definition) is 1. The van der Waals surface area contributed by atoms with Gasteiger partial charge in [-0.3, -0.25) is 9.59 Å². The highest BCUT2D eigenvalue weighted by Crippen LogP contribution is 2.30. The van der Waals surface area contributed by atoms with E-state index in [1.54, 1.807) is 46.1 Å². The Hall–Kier alpha value is -2.68. The maximum atomic E-state index is 12.5. The number of ether oxygens (including phenoxy) is 2. The lowest BCUT2D eigenvalue weighted by atomic mass is 10.1. The van der Waals surface area contributed by atoms with Crippen LogP contribution < -0.4 is 14.8 Å². The fourth-order valence-electron chi connectivity index (χ4n) is 2.57. The van der Waals surface area contributed by atoms with Crippen LogP contribution in [0.2, 0.25) is 0 Å². The van der Waals surface area contributed by atoms with Gasteiger partial charge in [0.15, 0.2) is 17.3 Å². The Morgan fingerprint density at radius 3 is 2.45 bits per heavy atom. The summed E-state index contributed by atoms with van der Waals surface area (Å²) in [5.41, 5.74) is 1.97. The lowest BCUT2D eigenvalue weighted by Gasteiger charge is -2.20. The number of carbonyl (C=O) groups is 2. The van der Waals surface area contributed by atoms with E-state index in [2.05, 4.69) is 10.5 Å². The minimum Gasteiger partial charge on any atom is -0.493 e. The molecule has 0 fully saturated rings. The summed E-state index contributed by atoms with van der Waals surface area (Å²) in [6.45, 7) is 5.89. The first-order chi connectivity index (χ1) is 13.7. The summed E-state index contributed by atoms with van der Waals surface area (Å²) in [5.74, 6) is 2.15. The Morgan fingerprint density at radius 2 is 1.86 bits per heavy atom. The lowest BCUT2D eigenvalue weighted by molar-refractivity contribution is -0.127. The van der Waals surface area contributed by atoms with Gasteiger partial charge in [-0.15, -0.1) is 11.8 Å². The van der Waals surface area contributed by atoms with E-state index in [1.807, 2.05) is 19.1 Å². The van der Waals surface area contributed by atoms with Crippen molar-refractivity contribution < 1.29 is 23.6 Å². The van der Waals surface area contributed by atoms with Crippen molar-refractivity contribution in [2.45, 2.75) is 32.6 Å². The quantitative estimate of drug-likeness (QED) is 0.665. The maximum absolute atomic E-state index is 12.5. The number of amides is 2. The topological polar surface area (TPSA) is 93.9 Å². The molecular formula is C20H27N3O5S. The Balaban J connectivity index is 1.89. The molecule has 2 rings (SSSR count). The molecule has 1 aromatic carbocycles. The number of methoxy groups -OCH3 is 2. The summed E-state index contributed by atoms with van der Waals surface area (Å²) in [5, 5.41) is 5.99. The SMILES string of the molecule is COc1cc(C)c(CN(C)C(=O)CS[C@H](C)C(=O)Nc2cc(C)on2)cc1OC. The minimum absolute atomic E-state index is 0.0684. The highest BCUT2D eigenvalue weighted by Gasteiger charge is 2.19. The Bertz CT molecular complexity index is 868. The number of nitrogens with one attached hydrogen (secondary N) is 1. The first kappa shape index (κ1) is 22.6. The Morgan fingerprint density at radius 1 is 1.21 bits per heavy atom. The third kappa shape index (κ3) is 6.15. The van der Waals surface area contributed by atoms with Gasteiger partial charge in [-0.1, -0.05) is 5.16 Å². The zero-order valence-electron chi connectivity index (χ0n) is 17.6. The molecule has 1 heterocycles. The number of rotatable bonds is 9. The Kier molecular flexibility index (Phi) is 7.95. The van der Waals surface area contributed by atoms with Crippen molar-refractivity contribution in [2.75, 3.05) is 32.3 Å². The minimum atomic E-state index is -0.410. The number of benzene rings is 1. The molecule has 1 N–H and O–H groups in total. The van der Waals surface area contributed by atoms with Crippen LogP contribution in [0.5, 0.6) is 11.5 Å². The zero-order valence-corrected chi connectivity index (χ0v) is 18.4. The molecule has 0 spiro atoms. The van der Waals surface area contributed by atoms with Crippen molar-refractivity contribution in [3.8, 4) is 11.5 Å². The highest BCUT2D eigenvalue weighted by molar-refractivity contribution is 8.01. The molecule has 8 nitrogen and oxygen atoms in total. The smallest absolute Gasteiger partial charge is 0.238 e. The number of thioether (sulfide) groups is 1. The summed E-state index contributed by atoms with van der Waals surface area (Å²) in [4.78, 5) is 26.4. The van der Waals surface area contributed by atoms with Crippen molar-refractivity contribution in [3.63, 3.8) is 0 Å². The van der Waals surface area contributed by atoms with E-state index >= 15 is 0 Å². The highest BCUT2D eigenvalue weighted by atomic mass is 32.2. The van der Waals surface area contributed by atoms with Gasteiger partial charge in [0.25, 0.3) is 0 Å². The van der Waals surface area contributed by atoms with E-state index in [9.17, 15) is 9.59 Å². The van der Waals surface area contributed by atoms with E-state index in [0.717, 1.165) is 11.1 Å². The van der Waals surface area contributed by atoms with Gasteiger partial charge in [-0.05, 0) is 44.0 Å². The fraction of sp³-hybridized carbons (Fsp3) is 0.450. The van der Waals surface area contributed by atoms with E-state index in [1.165, 1.54) is 11.8 Å². The predicted octanol–water partition coefficient (Wildman–Crippen LogP) is 3.03. The number of hydrogen-bond acceptors (Lipinski definition) is 7. The van der Waals surface area contributed by atoms with Gasteiger partial charge in [0.2, 0.25) is 11.8 Å². The monoisotopic (exact) mass is 421 g/mol. The van der Waals surface area contributed by atoms with Gasteiger partial charge in [-0.25, -0.2) is 0 Å². The van der Waals surface area contributed by atoms with Crippen molar-refractivity contribution >= 4 is 29.4 Å². The van der Waals surface area contributed by atoms with E-state index in [4.69, 9.17) is 14.0 Å². The molecule has 9 heteroatoms. The molecule has 0 saturated carbocycles. The number of aromatic nitrogens is 1. The lowest BCUT2D eigenvalue weighted by Crippen LogP contribution is -2.30. The summed E-state index contributed by atoms with van der Waals surface area (Å²) >= 11 is 1.27. The first-order valence-electron chi connectivity index (χ1n) is 9.06. The second kappa shape index (κ2) is 10.2. The summed E-state index contributed by atoms with van der Waals surface area (Å²) < 4.78 is 15.6. The van der Waals surface area contributed by atoms with Gasteiger partial charge in [0.1, 0.15) is 5.76 Å². The van der Waals surface area contributed by atoms with Crippen LogP contribution in [0.25, 0.3) is 0 Å². The van der Waals surface area contributed by atoms with Gasteiger partial charge < -0.3 is 24.2 Å². The van der Waals surface area contributed by atoms with Crippen LogP contribution in [-0.2, 0) is 16.1 Å². The number of carbonyl (C=O) groups excluding carboxylic acids is 2. The van der Waals surface area contributed by atoms with Crippen LogP contribution in [0.3, 0.4) is 0 Å². The molecule has 0 aliphatic carbocycles. The summed E-state index contributed by atoms with van der Waals surface area (Å²) in [7, 11) is 4.90. The molecule has 0 saturated heterocycles. The van der Waals surface area contributed by atoms with E-state index in [-0.39, 0.29) is 17.6 Å². The van der Waals surface area contributed by atoms with Crippen LogP contribution in [0.1, 0.15) is 23.8 Å². The van der Waals surface area contributed by atoms with Crippen molar-refractivity contribution in [3.05, 3.63) is 35.1 Å². The molecule has 0 aliphatic rings. The van der Waals surface area contributed by atoms with Crippen LogP contribution in [0, 0.1) is 13.8 Å². The molecule has 1 atom stereocenters. The van der Waals surface area contributed by atoms with Crippen molar-refractivity contribution in [2.24, 2.45) is 0 Å². The largest absolute Gasteiger partial charge is 0.493 e. The molecule has 0 radical (unpaired) electrons. The number of nitrogens with zero attached hydrogens (tertiary/aromatic N) is 2. The van der Waals surface area contributed by atoms with Crippen LogP contribution in [-0.4, -0.2) is 54.1 Å². The zero-order chi connectivity index (χ0) is 21.6. The summed E-state index contributed by atoms with van der Waals surface area (Å²) in [6.07, 6.45) is 0. The van der Waals surface area contributed by atoms with Crippen molar-refractivity contribution in [1.82, 2.24) is 10.1 Å². The fourth-order valence-corrected chi connectivity index (χ4v) is 3.40. The number of aryl methyl sites for hydroxylation is 2. The molecule has 0 bridgehead atoms. The molecule has 0 unspecified atom stereocenters. The van der Waals surface area contributed by atoms with Crippen molar-refractivity contribution in [1.29, 1.82) is 0 Å². The molecule has 158 valence electrons. The van der Waals surface area contributed by atoms with Crippen LogP contribution in [0.15, 0.2) is 22.7 Å². The van der Waals surface area contributed by atoms with Gasteiger partial charge in [0.05, 0.1) is 25.2 Å². The average molecular weight is 422 g/mol. The molecular weight excluding hydrogens is 394 g/mol. The van der Waals surface area contributed by atoms with E-state index < -0.39 is 5.25 Å². The van der Waals surface area contributed by atoms with Crippen LogP contribution >= 0.6 is 11.8 Å². The molecule has 29 heavy (non-hydrogen) atoms. The number of anilines is 1. The van der Waals surface area contributed by atoms with Gasteiger partial charge in [-0.2, -0.15) is 0 Å². The third-order valence-corrected chi connectivity index (χ3v) is 5.51. The normalized spacial score (nSPS) is 11.7. The average Bonchev–Trinajstić information content (AvgIpc) is 3.11. The molecule has 1 aromatic heterocycles. The molecule has 2 aromatic rings. The predicted molar refractivity (Wildman–Crippen MR) is 113 cm³/mol. The van der Waals surface area contributed by atoms with Crippen LogP contribution in [0.4, 0.5) is 5.82 Å².